The number of hydrogen-bond acceptors (Lipinski definition) is 4. The van der Waals surface area contributed by atoms with Gasteiger partial charge in [-0.25, -0.2) is 4.89 Å². The van der Waals surface area contributed by atoms with Crippen molar-refractivity contribution in [3.63, 3.8) is 0 Å². The predicted octanol–water partition coefficient (Wildman–Crippen LogP) is 7.65. The molecule has 7 aliphatic rings. The third kappa shape index (κ3) is 3.49. The molecular weight excluding hydrogens is 436 g/mol. The van der Waals surface area contributed by atoms with Crippen LogP contribution in [0.5, 0.6) is 5.75 Å². The summed E-state index contributed by atoms with van der Waals surface area (Å²) in [5.41, 5.74) is 2.19. The number of hydrogen-bond donors (Lipinski definition) is 0. The maximum atomic E-state index is 6.70. The van der Waals surface area contributed by atoms with Crippen molar-refractivity contribution < 1.29 is 19.2 Å². The fourth-order valence-electron chi connectivity index (χ4n) is 9.60. The van der Waals surface area contributed by atoms with Crippen LogP contribution in [0.1, 0.15) is 114 Å². The summed E-state index contributed by atoms with van der Waals surface area (Å²) in [6.07, 6.45) is 18.5. The number of rotatable bonds is 6. The first kappa shape index (κ1) is 23.0. The number of ether oxygens (including phenoxy) is 2. The minimum absolute atomic E-state index is 0.334. The van der Waals surface area contributed by atoms with E-state index in [-0.39, 0.29) is 5.60 Å². The molecule has 192 valence electrons. The Kier molecular flexibility index (Phi) is 5.75. The average molecular weight is 481 g/mol. The minimum atomic E-state index is -0.814. The molecule has 1 aromatic rings. The first-order chi connectivity index (χ1) is 17.1. The Morgan fingerprint density at radius 1 is 0.800 bits per heavy atom. The van der Waals surface area contributed by atoms with Gasteiger partial charge in [-0.2, -0.15) is 4.89 Å². The second kappa shape index (κ2) is 8.74. The molecule has 0 radical (unpaired) electrons. The van der Waals surface area contributed by atoms with Gasteiger partial charge in [0, 0.05) is 12.7 Å². The highest BCUT2D eigenvalue weighted by Gasteiger charge is 2.76. The van der Waals surface area contributed by atoms with E-state index in [0.717, 1.165) is 29.1 Å². The molecule has 6 aliphatic carbocycles. The van der Waals surface area contributed by atoms with Gasteiger partial charge in [-0.1, -0.05) is 26.2 Å². The molecule has 1 heterocycles. The maximum Gasteiger partial charge on any atom is 0.260 e. The van der Waals surface area contributed by atoms with Crippen LogP contribution in [0.4, 0.5) is 0 Å². The molecule has 1 saturated heterocycles. The topological polar surface area (TPSA) is 36.9 Å². The molecular formula is C31H44O4. The Morgan fingerprint density at radius 3 is 2.06 bits per heavy atom. The summed E-state index contributed by atoms with van der Waals surface area (Å²) in [6, 6.07) is 6.99. The summed E-state index contributed by atoms with van der Waals surface area (Å²) >= 11 is 0. The second-order valence-electron chi connectivity index (χ2n) is 13.1. The zero-order valence-electron chi connectivity index (χ0n) is 21.8. The van der Waals surface area contributed by atoms with Gasteiger partial charge in [0.05, 0.1) is 6.10 Å². The van der Waals surface area contributed by atoms with E-state index in [4.69, 9.17) is 19.2 Å². The molecule has 1 aromatic carbocycles. The van der Waals surface area contributed by atoms with E-state index in [1.807, 2.05) is 7.11 Å². The zero-order valence-corrected chi connectivity index (χ0v) is 21.8. The van der Waals surface area contributed by atoms with E-state index in [9.17, 15) is 0 Å². The maximum absolute atomic E-state index is 6.70. The molecule has 0 aromatic heterocycles. The fraction of sp³-hybridized carbons (Fsp3) is 0.806. The van der Waals surface area contributed by atoms with Crippen LogP contribution >= 0.6 is 0 Å². The molecule has 1 aliphatic heterocycles. The highest BCUT2D eigenvalue weighted by atomic mass is 17.3. The molecule has 4 nitrogen and oxygen atoms in total. The van der Waals surface area contributed by atoms with Crippen LogP contribution in [-0.4, -0.2) is 18.8 Å². The van der Waals surface area contributed by atoms with Crippen molar-refractivity contribution in [3.8, 4) is 5.75 Å². The lowest BCUT2D eigenvalue weighted by molar-refractivity contribution is -0.645. The third-order valence-electron chi connectivity index (χ3n) is 11.2. The van der Waals surface area contributed by atoms with E-state index < -0.39 is 5.79 Å². The molecule has 1 unspecified atom stereocenters. The van der Waals surface area contributed by atoms with Crippen LogP contribution in [0.15, 0.2) is 18.2 Å². The van der Waals surface area contributed by atoms with Crippen molar-refractivity contribution in [1.82, 2.24) is 0 Å². The molecule has 6 saturated carbocycles. The third-order valence-corrected chi connectivity index (χ3v) is 11.2. The molecule has 7 fully saturated rings. The van der Waals surface area contributed by atoms with Crippen LogP contribution in [0.25, 0.3) is 0 Å². The van der Waals surface area contributed by atoms with Gasteiger partial charge in [-0.3, -0.25) is 0 Å². The Labute approximate surface area is 211 Å². The molecule has 2 atom stereocenters. The summed E-state index contributed by atoms with van der Waals surface area (Å²) in [5.74, 6) is 4.31. The van der Waals surface area contributed by atoms with Crippen LogP contribution in [0, 0.1) is 29.6 Å². The van der Waals surface area contributed by atoms with Crippen molar-refractivity contribution in [2.24, 2.45) is 29.6 Å². The lowest BCUT2D eigenvalue weighted by Crippen LogP contribution is -2.76. The highest BCUT2D eigenvalue weighted by molar-refractivity contribution is 5.41. The summed E-state index contributed by atoms with van der Waals surface area (Å²) in [4.78, 5) is 12.4. The highest BCUT2D eigenvalue weighted by Crippen LogP contribution is 2.69. The fourth-order valence-corrected chi connectivity index (χ4v) is 9.60. The van der Waals surface area contributed by atoms with Gasteiger partial charge in [0.1, 0.15) is 5.75 Å². The minimum Gasteiger partial charge on any atom is -0.490 e. The Hall–Kier alpha value is -1.10. The molecule has 35 heavy (non-hydrogen) atoms. The van der Waals surface area contributed by atoms with Crippen LogP contribution in [-0.2, 0) is 20.3 Å². The molecule has 4 heteroatoms. The smallest absolute Gasteiger partial charge is 0.260 e. The van der Waals surface area contributed by atoms with Gasteiger partial charge in [0.25, 0.3) is 5.79 Å². The van der Waals surface area contributed by atoms with Crippen molar-refractivity contribution in [1.29, 1.82) is 0 Å². The molecule has 4 bridgehead atoms. The quantitative estimate of drug-likeness (QED) is 0.392. The van der Waals surface area contributed by atoms with Gasteiger partial charge >= 0.3 is 0 Å². The first-order valence-electron chi connectivity index (χ1n) is 14.9. The summed E-state index contributed by atoms with van der Waals surface area (Å²) < 4.78 is 13.1. The number of methoxy groups -OCH3 is 1. The van der Waals surface area contributed by atoms with E-state index in [1.54, 1.807) is 0 Å². The second-order valence-corrected chi connectivity index (χ2v) is 13.1. The lowest BCUT2D eigenvalue weighted by Gasteiger charge is -2.68. The van der Waals surface area contributed by atoms with E-state index >= 15 is 0 Å². The van der Waals surface area contributed by atoms with Crippen LogP contribution < -0.4 is 4.74 Å². The normalized spacial score (nSPS) is 41.9. The van der Waals surface area contributed by atoms with Gasteiger partial charge in [0.15, 0.2) is 5.60 Å². The van der Waals surface area contributed by atoms with Crippen molar-refractivity contribution in [3.05, 3.63) is 29.3 Å². The van der Waals surface area contributed by atoms with Gasteiger partial charge in [-0.05, 0) is 130 Å². The predicted molar refractivity (Wildman–Crippen MR) is 135 cm³/mol. The molecule has 8 rings (SSSR count). The molecule has 0 N–H and O–H groups in total. The average Bonchev–Trinajstić information content (AvgIpc) is 3.39. The molecule has 0 amide bonds. The van der Waals surface area contributed by atoms with Gasteiger partial charge in [0.2, 0.25) is 0 Å². The summed E-state index contributed by atoms with van der Waals surface area (Å²) in [6.45, 7) is 2.43. The van der Waals surface area contributed by atoms with E-state index in [2.05, 4.69) is 25.1 Å². The SMILES string of the molecule is CO[C@@]1(c2cc(OC3CCCCC3)cc(C(C)C3CCCC3)c2)OOC12C1CC3CC(C1)CC2C3. The summed E-state index contributed by atoms with van der Waals surface area (Å²) in [7, 11) is 1.84. The Morgan fingerprint density at radius 2 is 1.46 bits per heavy atom. The zero-order chi connectivity index (χ0) is 23.6. The van der Waals surface area contributed by atoms with E-state index in [0.29, 0.717) is 23.9 Å². The molecule has 1 spiro atoms. The lowest BCUT2D eigenvalue weighted by atomic mass is 9.47. The van der Waals surface area contributed by atoms with Crippen molar-refractivity contribution >= 4 is 0 Å². The van der Waals surface area contributed by atoms with Crippen LogP contribution in [0.2, 0.25) is 0 Å². The van der Waals surface area contributed by atoms with Crippen LogP contribution in [0.3, 0.4) is 0 Å². The largest absolute Gasteiger partial charge is 0.490 e. The Bertz CT molecular complexity index is 898. The van der Waals surface area contributed by atoms with E-state index in [1.165, 1.54) is 95.5 Å². The monoisotopic (exact) mass is 480 g/mol. The Balaban J connectivity index is 1.28. The standard InChI is InChI=1S/C31H44O4/c1-20(23-8-6-7-9-23)24-17-27(19-29(18-24)33-28-10-4-3-5-11-28)31(32-2)30(34-35-31)25-13-21-12-22(15-25)16-26(30)14-21/h17-23,25-26,28H,3-16H2,1-2H3/t20?,21?,22?,25?,26?,30?,31-/m0/s1. The van der Waals surface area contributed by atoms with Gasteiger partial charge < -0.3 is 9.47 Å². The first-order valence-corrected chi connectivity index (χ1v) is 14.9. The summed E-state index contributed by atoms with van der Waals surface area (Å²) in [5, 5.41) is 0. The van der Waals surface area contributed by atoms with Crippen molar-refractivity contribution in [2.45, 2.75) is 120 Å². The van der Waals surface area contributed by atoms with Gasteiger partial charge in [-0.15, -0.1) is 0 Å². The van der Waals surface area contributed by atoms with Crippen molar-refractivity contribution in [2.75, 3.05) is 7.11 Å². The number of benzene rings is 1.